The average Bonchev–Trinajstić information content (AvgIpc) is 2.47. The molecule has 6 nitrogen and oxygen atoms in total. The monoisotopic (exact) mass is 325 g/mol. The SMILES string of the molecule is CN(CCCc1ccncc1)c1nc(Cl)nc([S+](C)[O-])n1. The summed E-state index contributed by atoms with van der Waals surface area (Å²) in [5.74, 6) is 0.440. The molecule has 112 valence electrons. The van der Waals surface area contributed by atoms with Crippen LogP contribution >= 0.6 is 11.6 Å². The van der Waals surface area contributed by atoms with E-state index in [9.17, 15) is 4.55 Å². The highest BCUT2D eigenvalue weighted by Gasteiger charge is 2.15. The van der Waals surface area contributed by atoms with Crippen LogP contribution in [0.15, 0.2) is 29.7 Å². The van der Waals surface area contributed by atoms with Gasteiger partial charge in [-0.05, 0) is 42.1 Å². The van der Waals surface area contributed by atoms with Crippen LogP contribution in [0.5, 0.6) is 0 Å². The minimum atomic E-state index is -1.28. The second kappa shape index (κ2) is 7.53. The maximum atomic E-state index is 11.4. The van der Waals surface area contributed by atoms with E-state index in [4.69, 9.17) is 11.6 Å². The van der Waals surface area contributed by atoms with Crippen molar-refractivity contribution in [3.63, 3.8) is 0 Å². The van der Waals surface area contributed by atoms with Gasteiger partial charge in [-0.15, -0.1) is 4.98 Å². The summed E-state index contributed by atoms with van der Waals surface area (Å²) in [7, 11) is 1.88. The van der Waals surface area contributed by atoms with Gasteiger partial charge in [-0.1, -0.05) is 0 Å². The molecule has 0 aromatic carbocycles. The molecule has 0 saturated carbocycles. The Hall–Kier alpha value is -1.44. The number of anilines is 1. The van der Waals surface area contributed by atoms with E-state index in [-0.39, 0.29) is 10.4 Å². The molecule has 2 aromatic rings. The molecular formula is C13H16ClN5OS. The van der Waals surface area contributed by atoms with E-state index in [1.54, 1.807) is 12.4 Å². The van der Waals surface area contributed by atoms with Gasteiger partial charge in [0.1, 0.15) is 6.26 Å². The minimum Gasteiger partial charge on any atom is -0.609 e. The lowest BCUT2D eigenvalue weighted by Gasteiger charge is -2.17. The van der Waals surface area contributed by atoms with Crippen LogP contribution in [0.3, 0.4) is 0 Å². The summed E-state index contributed by atoms with van der Waals surface area (Å²) in [6.07, 6.45) is 6.97. The van der Waals surface area contributed by atoms with E-state index in [1.807, 2.05) is 24.1 Å². The summed E-state index contributed by atoms with van der Waals surface area (Å²) in [6, 6.07) is 4.00. The van der Waals surface area contributed by atoms with Crippen LogP contribution in [-0.2, 0) is 17.6 Å². The number of halogens is 1. The summed E-state index contributed by atoms with van der Waals surface area (Å²) >= 11 is 4.56. The molecule has 0 aliphatic heterocycles. The molecule has 0 amide bonds. The number of hydrogen-bond donors (Lipinski definition) is 0. The Balaban J connectivity index is 1.95. The fourth-order valence-electron chi connectivity index (χ4n) is 1.79. The van der Waals surface area contributed by atoms with Crippen LogP contribution in [0.2, 0.25) is 5.28 Å². The molecule has 0 radical (unpaired) electrons. The summed E-state index contributed by atoms with van der Waals surface area (Å²) in [6.45, 7) is 0.762. The van der Waals surface area contributed by atoms with Gasteiger partial charge in [0.2, 0.25) is 11.2 Å². The molecule has 21 heavy (non-hydrogen) atoms. The summed E-state index contributed by atoms with van der Waals surface area (Å²) < 4.78 is 11.4. The highest BCUT2D eigenvalue weighted by Crippen LogP contribution is 2.13. The van der Waals surface area contributed by atoms with E-state index < -0.39 is 11.2 Å². The van der Waals surface area contributed by atoms with Crippen molar-refractivity contribution in [2.24, 2.45) is 0 Å². The van der Waals surface area contributed by atoms with E-state index in [2.05, 4.69) is 19.9 Å². The Bertz CT molecular complexity index is 584. The lowest BCUT2D eigenvalue weighted by Crippen LogP contribution is -2.23. The Morgan fingerprint density at radius 3 is 2.62 bits per heavy atom. The molecule has 2 aromatic heterocycles. The maximum Gasteiger partial charge on any atom is 0.348 e. The molecule has 0 spiro atoms. The second-order valence-corrected chi connectivity index (χ2v) is 6.13. The van der Waals surface area contributed by atoms with Crippen molar-refractivity contribution >= 4 is 28.7 Å². The number of aromatic nitrogens is 4. The zero-order valence-corrected chi connectivity index (χ0v) is 13.4. The van der Waals surface area contributed by atoms with E-state index in [0.717, 1.165) is 19.4 Å². The predicted molar refractivity (Wildman–Crippen MR) is 83.0 cm³/mol. The van der Waals surface area contributed by atoms with Crippen molar-refractivity contribution in [1.82, 2.24) is 19.9 Å². The van der Waals surface area contributed by atoms with Gasteiger partial charge in [-0.3, -0.25) is 4.98 Å². The Kier molecular flexibility index (Phi) is 5.72. The first-order valence-corrected chi connectivity index (χ1v) is 8.35. The van der Waals surface area contributed by atoms with Gasteiger partial charge in [0.15, 0.2) is 0 Å². The highest BCUT2D eigenvalue weighted by atomic mass is 35.5. The summed E-state index contributed by atoms with van der Waals surface area (Å²) in [5, 5.41) is 0.261. The van der Waals surface area contributed by atoms with Gasteiger partial charge in [-0.2, -0.15) is 9.97 Å². The van der Waals surface area contributed by atoms with Gasteiger partial charge < -0.3 is 9.45 Å². The highest BCUT2D eigenvalue weighted by molar-refractivity contribution is 7.90. The zero-order valence-electron chi connectivity index (χ0n) is 11.9. The predicted octanol–water partition coefficient (Wildman–Crippen LogP) is 1.73. The normalized spacial score (nSPS) is 12.2. The molecule has 2 rings (SSSR count). The van der Waals surface area contributed by atoms with Crippen molar-refractivity contribution in [3.8, 4) is 0 Å². The molecule has 0 fully saturated rings. The van der Waals surface area contributed by atoms with Gasteiger partial charge in [-0.25, -0.2) is 0 Å². The molecule has 1 unspecified atom stereocenters. The Morgan fingerprint density at radius 1 is 1.24 bits per heavy atom. The van der Waals surface area contributed by atoms with Crippen molar-refractivity contribution in [2.75, 3.05) is 24.7 Å². The number of pyridine rings is 1. The molecule has 0 saturated heterocycles. The van der Waals surface area contributed by atoms with Gasteiger partial charge in [0.25, 0.3) is 0 Å². The van der Waals surface area contributed by atoms with Crippen molar-refractivity contribution in [2.45, 2.75) is 18.0 Å². The topological polar surface area (TPSA) is 77.9 Å². The van der Waals surface area contributed by atoms with Crippen LogP contribution in [0, 0.1) is 0 Å². The second-order valence-electron chi connectivity index (χ2n) is 4.52. The molecule has 1 atom stereocenters. The van der Waals surface area contributed by atoms with Gasteiger partial charge >= 0.3 is 5.16 Å². The van der Waals surface area contributed by atoms with Gasteiger partial charge in [0.05, 0.1) is 0 Å². The smallest absolute Gasteiger partial charge is 0.348 e. The molecule has 0 aliphatic carbocycles. The number of hydrogen-bond acceptors (Lipinski definition) is 6. The molecule has 8 heteroatoms. The van der Waals surface area contributed by atoms with Gasteiger partial charge in [0, 0.05) is 37.2 Å². The Morgan fingerprint density at radius 2 is 1.95 bits per heavy atom. The van der Waals surface area contributed by atoms with Crippen LogP contribution in [0.4, 0.5) is 5.95 Å². The lowest BCUT2D eigenvalue weighted by atomic mass is 10.1. The van der Waals surface area contributed by atoms with Crippen LogP contribution < -0.4 is 4.90 Å². The van der Waals surface area contributed by atoms with E-state index >= 15 is 0 Å². The molecule has 0 aliphatic rings. The first-order chi connectivity index (χ1) is 10.1. The van der Waals surface area contributed by atoms with Crippen molar-refractivity contribution < 1.29 is 4.55 Å². The number of rotatable bonds is 6. The first-order valence-electron chi connectivity index (χ1n) is 6.41. The fraction of sp³-hybridized carbons (Fsp3) is 0.385. The van der Waals surface area contributed by atoms with E-state index in [0.29, 0.717) is 5.95 Å². The maximum absolute atomic E-state index is 11.4. The Labute approximate surface area is 131 Å². The third-order valence-electron chi connectivity index (χ3n) is 2.88. The van der Waals surface area contributed by atoms with Crippen LogP contribution in [-0.4, -0.2) is 44.3 Å². The zero-order chi connectivity index (χ0) is 15.2. The molecule has 2 heterocycles. The van der Waals surface area contributed by atoms with Crippen LogP contribution in [0.25, 0.3) is 0 Å². The first kappa shape index (κ1) is 15.9. The molecule has 0 bridgehead atoms. The van der Waals surface area contributed by atoms with Crippen LogP contribution in [0.1, 0.15) is 12.0 Å². The largest absolute Gasteiger partial charge is 0.609 e. The minimum absolute atomic E-state index is 0.0613. The fourth-order valence-corrected chi connectivity index (χ4v) is 2.42. The number of aryl methyl sites for hydroxylation is 1. The average molecular weight is 326 g/mol. The lowest BCUT2D eigenvalue weighted by molar-refractivity contribution is 0.590. The third kappa shape index (κ3) is 4.80. The third-order valence-corrected chi connectivity index (χ3v) is 3.75. The quantitative estimate of drug-likeness (QED) is 0.753. The molecule has 0 N–H and O–H groups in total. The van der Waals surface area contributed by atoms with Crippen molar-refractivity contribution in [1.29, 1.82) is 0 Å². The van der Waals surface area contributed by atoms with E-state index in [1.165, 1.54) is 11.8 Å². The van der Waals surface area contributed by atoms with Crippen molar-refractivity contribution in [3.05, 3.63) is 35.4 Å². The summed E-state index contributed by atoms with van der Waals surface area (Å²) in [5.41, 5.74) is 1.24. The number of nitrogens with zero attached hydrogens (tertiary/aromatic N) is 5. The molecular weight excluding hydrogens is 310 g/mol. The standard InChI is InChI=1S/C13H16ClN5OS/c1-19(9-3-4-10-5-7-15-8-6-10)12-16-11(14)17-13(18-12)21(2)20/h5-8H,3-4,9H2,1-2H3. The summed E-state index contributed by atoms with van der Waals surface area (Å²) in [4.78, 5) is 18.0.